The van der Waals surface area contributed by atoms with Crippen LogP contribution in [0.3, 0.4) is 0 Å². The molecule has 0 bridgehead atoms. The summed E-state index contributed by atoms with van der Waals surface area (Å²) in [6, 6.07) is 27.3. The van der Waals surface area contributed by atoms with Crippen molar-refractivity contribution in [3.8, 4) is 21.6 Å². The van der Waals surface area contributed by atoms with Gasteiger partial charge < -0.3 is 5.32 Å². The molecule has 0 atom stereocenters. The predicted molar refractivity (Wildman–Crippen MR) is 124 cm³/mol. The van der Waals surface area contributed by atoms with E-state index in [1.807, 2.05) is 79.7 Å². The molecule has 0 aliphatic heterocycles. The number of nitrogens with one attached hydrogen (secondary N) is 1. The third kappa shape index (κ3) is 3.95. The number of hydrogen-bond acceptors (Lipinski definition) is 3. The third-order valence-electron chi connectivity index (χ3n) is 4.84. The van der Waals surface area contributed by atoms with Gasteiger partial charge in [-0.2, -0.15) is 0 Å². The fraction of sp³-hybridized carbons (Fsp3) is 0.0769. The number of anilines is 1. The van der Waals surface area contributed by atoms with E-state index in [0.717, 1.165) is 27.1 Å². The third-order valence-corrected chi connectivity index (χ3v) is 5.99. The molecule has 0 fully saturated rings. The number of carbonyl (C=O) groups excluding carboxylic acids is 2. The monoisotopic (exact) mass is 411 g/mol. The van der Waals surface area contributed by atoms with Crippen LogP contribution in [-0.4, -0.2) is 11.7 Å². The van der Waals surface area contributed by atoms with Gasteiger partial charge in [-0.05, 0) is 18.1 Å². The number of thiophene rings is 1. The molecule has 0 unspecified atom stereocenters. The summed E-state index contributed by atoms with van der Waals surface area (Å²) in [5, 5.41) is 3.47. The highest BCUT2D eigenvalue weighted by atomic mass is 32.1. The van der Waals surface area contributed by atoms with Gasteiger partial charge in [-0.1, -0.05) is 90.5 Å². The lowest BCUT2D eigenvalue weighted by molar-refractivity contribution is -0.114. The van der Waals surface area contributed by atoms with Crippen molar-refractivity contribution in [3.05, 3.63) is 102 Å². The Morgan fingerprint density at radius 1 is 0.767 bits per heavy atom. The normalized spacial score (nSPS) is 10.6. The molecule has 0 saturated heterocycles. The Bertz CT molecular complexity index is 1190. The molecule has 0 radical (unpaired) electrons. The molecule has 30 heavy (non-hydrogen) atoms. The van der Waals surface area contributed by atoms with Crippen molar-refractivity contribution in [2.24, 2.45) is 0 Å². The van der Waals surface area contributed by atoms with Crippen LogP contribution < -0.4 is 5.32 Å². The number of amides is 1. The summed E-state index contributed by atoms with van der Waals surface area (Å²) in [5.41, 5.74) is 5.08. The highest BCUT2D eigenvalue weighted by Gasteiger charge is 2.27. The van der Waals surface area contributed by atoms with Crippen molar-refractivity contribution in [3.63, 3.8) is 0 Å². The quantitative estimate of drug-likeness (QED) is 0.377. The Morgan fingerprint density at radius 3 is 1.97 bits per heavy atom. The van der Waals surface area contributed by atoms with Gasteiger partial charge in [0.05, 0.1) is 5.56 Å². The molecule has 1 aromatic heterocycles. The molecule has 0 saturated carbocycles. The van der Waals surface area contributed by atoms with Gasteiger partial charge >= 0.3 is 0 Å². The van der Waals surface area contributed by atoms with Crippen molar-refractivity contribution < 1.29 is 9.59 Å². The Labute approximate surface area is 180 Å². The van der Waals surface area contributed by atoms with Gasteiger partial charge in [0.15, 0.2) is 5.78 Å². The summed E-state index contributed by atoms with van der Waals surface area (Å²) in [5.74, 6) is -0.304. The first-order valence-electron chi connectivity index (χ1n) is 9.71. The van der Waals surface area contributed by atoms with Gasteiger partial charge in [-0.3, -0.25) is 9.59 Å². The van der Waals surface area contributed by atoms with Gasteiger partial charge in [0.2, 0.25) is 5.91 Å². The first-order valence-corrected chi connectivity index (χ1v) is 10.5. The smallest absolute Gasteiger partial charge is 0.221 e. The number of rotatable bonds is 5. The van der Waals surface area contributed by atoms with Crippen molar-refractivity contribution in [2.45, 2.75) is 13.8 Å². The van der Waals surface area contributed by atoms with Crippen LogP contribution >= 0.6 is 11.3 Å². The first-order chi connectivity index (χ1) is 14.5. The van der Waals surface area contributed by atoms with E-state index in [1.165, 1.54) is 18.3 Å². The first kappa shape index (κ1) is 19.8. The van der Waals surface area contributed by atoms with Crippen molar-refractivity contribution in [1.82, 2.24) is 0 Å². The molecule has 3 aromatic carbocycles. The SMILES string of the molecule is CC(=O)Nc1sc(-c2ccccc2)c(-c2ccc(C)cc2)c1C(=O)c1ccccc1. The summed E-state index contributed by atoms with van der Waals surface area (Å²) in [6.45, 7) is 3.50. The van der Waals surface area contributed by atoms with Crippen molar-refractivity contribution in [2.75, 3.05) is 5.32 Å². The van der Waals surface area contributed by atoms with Gasteiger partial charge in [0.1, 0.15) is 5.00 Å². The van der Waals surface area contributed by atoms with E-state index in [1.54, 1.807) is 12.1 Å². The number of hydrogen-bond donors (Lipinski definition) is 1. The van der Waals surface area contributed by atoms with E-state index in [4.69, 9.17) is 0 Å². The highest BCUT2D eigenvalue weighted by molar-refractivity contribution is 7.20. The van der Waals surface area contributed by atoms with Gasteiger partial charge in [-0.15, -0.1) is 11.3 Å². The molecule has 0 aliphatic carbocycles. The van der Waals surface area contributed by atoms with Gasteiger partial charge in [-0.25, -0.2) is 0 Å². The fourth-order valence-electron chi connectivity index (χ4n) is 3.42. The van der Waals surface area contributed by atoms with Gasteiger partial charge in [0, 0.05) is 22.9 Å². The fourth-order valence-corrected chi connectivity index (χ4v) is 4.69. The minimum absolute atomic E-state index is 0.103. The molecule has 4 rings (SSSR count). The molecule has 4 heteroatoms. The Morgan fingerprint density at radius 2 is 1.37 bits per heavy atom. The number of benzene rings is 3. The van der Waals surface area contributed by atoms with Crippen molar-refractivity contribution in [1.29, 1.82) is 0 Å². The molecule has 3 nitrogen and oxygen atoms in total. The summed E-state index contributed by atoms with van der Waals surface area (Å²) < 4.78 is 0. The lowest BCUT2D eigenvalue weighted by Gasteiger charge is -2.10. The summed E-state index contributed by atoms with van der Waals surface area (Å²) in [7, 11) is 0. The standard InChI is InChI=1S/C26H21NO2S/c1-17-13-15-19(16-14-17)22-23(24(29)20-9-5-3-6-10-20)26(27-18(2)28)30-25(22)21-11-7-4-8-12-21/h3-16H,1-2H3,(H,27,28). The second-order valence-electron chi connectivity index (χ2n) is 7.12. The molecule has 1 N–H and O–H groups in total. The van der Waals surface area contributed by atoms with E-state index in [9.17, 15) is 9.59 Å². The van der Waals surface area contributed by atoms with Crippen LogP contribution in [0.2, 0.25) is 0 Å². The average molecular weight is 412 g/mol. The topological polar surface area (TPSA) is 46.2 Å². The van der Waals surface area contributed by atoms with E-state index in [0.29, 0.717) is 16.1 Å². The molecule has 0 aliphatic rings. The summed E-state index contributed by atoms with van der Waals surface area (Å²) in [4.78, 5) is 26.5. The second-order valence-corrected chi connectivity index (χ2v) is 8.14. The molecular formula is C26H21NO2S. The maximum absolute atomic E-state index is 13.6. The molecule has 1 amide bonds. The predicted octanol–water partition coefficient (Wildman–Crippen LogP) is 6.58. The van der Waals surface area contributed by atoms with Crippen LogP contribution in [0.4, 0.5) is 5.00 Å². The van der Waals surface area contributed by atoms with Crippen LogP contribution in [0.5, 0.6) is 0 Å². The van der Waals surface area contributed by atoms with Crippen LogP contribution in [0.25, 0.3) is 21.6 Å². The van der Waals surface area contributed by atoms with Gasteiger partial charge in [0.25, 0.3) is 0 Å². The largest absolute Gasteiger partial charge is 0.317 e. The Kier molecular flexibility index (Phi) is 5.59. The number of aryl methyl sites for hydroxylation is 1. The minimum atomic E-state index is -0.201. The van der Waals surface area contributed by atoms with E-state index in [-0.39, 0.29) is 11.7 Å². The second kappa shape index (κ2) is 8.47. The zero-order valence-electron chi connectivity index (χ0n) is 16.8. The number of carbonyl (C=O) groups is 2. The maximum atomic E-state index is 13.6. The van der Waals surface area contributed by atoms with E-state index in [2.05, 4.69) is 5.32 Å². The minimum Gasteiger partial charge on any atom is -0.317 e. The number of ketones is 1. The lowest BCUT2D eigenvalue weighted by atomic mass is 9.93. The summed E-state index contributed by atoms with van der Waals surface area (Å²) in [6.07, 6.45) is 0. The lowest BCUT2D eigenvalue weighted by Crippen LogP contribution is -2.10. The van der Waals surface area contributed by atoms with Crippen LogP contribution in [-0.2, 0) is 4.79 Å². The molecular weight excluding hydrogens is 390 g/mol. The zero-order valence-corrected chi connectivity index (χ0v) is 17.6. The molecule has 0 spiro atoms. The maximum Gasteiger partial charge on any atom is 0.221 e. The van der Waals surface area contributed by atoms with Crippen LogP contribution in [0.1, 0.15) is 28.4 Å². The van der Waals surface area contributed by atoms with E-state index >= 15 is 0 Å². The molecule has 1 heterocycles. The Hall–Kier alpha value is -3.50. The zero-order chi connectivity index (χ0) is 21.1. The molecule has 148 valence electrons. The highest BCUT2D eigenvalue weighted by Crippen LogP contribution is 2.47. The van der Waals surface area contributed by atoms with Crippen LogP contribution in [0, 0.1) is 6.92 Å². The van der Waals surface area contributed by atoms with Crippen molar-refractivity contribution >= 4 is 28.0 Å². The van der Waals surface area contributed by atoms with Crippen LogP contribution in [0.15, 0.2) is 84.9 Å². The summed E-state index contributed by atoms with van der Waals surface area (Å²) >= 11 is 1.44. The molecule has 4 aromatic rings. The Balaban J connectivity index is 2.02. The van der Waals surface area contributed by atoms with E-state index < -0.39 is 0 Å². The average Bonchev–Trinajstić information content (AvgIpc) is 3.13.